The zero-order chi connectivity index (χ0) is 14.3. The molecular weight excluding hydrogens is 264 g/mol. The molecule has 17 heavy (non-hydrogen) atoms. The van der Waals surface area contributed by atoms with Gasteiger partial charge >= 0.3 is 18.5 Å². The Morgan fingerprint density at radius 1 is 0.882 bits per heavy atom. The van der Waals surface area contributed by atoms with E-state index >= 15 is 0 Å². The molecule has 0 unspecified atom stereocenters. The van der Waals surface area contributed by atoms with Gasteiger partial charge in [-0.3, -0.25) is 0 Å². The van der Waals surface area contributed by atoms with Crippen molar-refractivity contribution < 1.29 is 39.9 Å². The molecule has 0 aliphatic heterocycles. The van der Waals surface area contributed by atoms with E-state index in [1.165, 1.54) is 0 Å². The second kappa shape index (κ2) is 6.45. The lowest BCUT2D eigenvalue weighted by atomic mass is 10.4. The van der Waals surface area contributed by atoms with Crippen molar-refractivity contribution in [2.75, 3.05) is 0 Å². The standard InChI is InChI=1S/C4H3F5O.C4H5F3/c1-2-10-4(8,9)3(5,6)7;1-2-3-4(5,6)7/h2H,1H2;2H,1,3H2. The zero-order valence-electron chi connectivity index (χ0n) is 8.21. The first kappa shape index (κ1) is 18.1. The van der Waals surface area contributed by atoms with Crippen molar-refractivity contribution in [2.45, 2.75) is 24.9 Å². The van der Waals surface area contributed by atoms with E-state index < -0.39 is 24.9 Å². The molecule has 0 radical (unpaired) electrons. The highest BCUT2D eigenvalue weighted by molar-refractivity contribution is 4.70. The molecule has 0 saturated carbocycles. The van der Waals surface area contributed by atoms with Gasteiger partial charge in [0.15, 0.2) is 0 Å². The molecule has 0 aromatic rings. The van der Waals surface area contributed by atoms with Crippen molar-refractivity contribution in [2.24, 2.45) is 0 Å². The number of ether oxygens (including phenoxy) is 1. The van der Waals surface area contributed by atoms with Gasteiger partial charge in [-0.25, -0.2) is 0 Å². The Bertz CT molecular complexity index is 239. The van der Waals surface area contributed by atoms with Crippen LogP contribution < -0.4 is 0 Å². The molecule has 0 saturated heterocycles. The lowest BCUT2D eigenvalue weighted by Gasteiger charge is -2.16. The van der Waals surface area contributed by atoms with E-state index in [9.17, 15) is 35.1 Å². The number of halogens is 8. The molecule has 1 nitrogen and oxygen atoms in total. The van der Waals surface area contributed by atoms with Crippen molar-refractivity contribution in [1.82, 2.24) is 0 Å². The SMILES string of the molecule is C=CCC(F)(F)F.C=COC(F)(F)C(F)(F)F. The van der Waals surface area contributed by atoms with Crippen LogP contribution in [0.4, 0.5) is 35.1 Å². The first-order valence-corrected chi connectivity index (χ1v) is 3.78. The third-order valence-corrected chi connectivity index (χ3v) is 0.937. The summed E-state index contributed by atoms with van der Waals surface area (Å²) < 4.78 is 92.2. The van der Waals surface area contributed by atoms with Gasteiger partial charge in [0.1, 0.15) is 0 Å². The maximum absolute atomic E-state index is 11.5. The normalized spacial score (nSPS) is 12.2. The lowest BCUT2D eigenvalue weighted by Crippen LogP contribution is -2.37. The number of rotatable bonds is 3. The lowest BCUT2D eigenvalue weighted by molar-refractivity contribution is -0.375. The number of alkyl halides is 8. The van der Waals surface area contributed by atoms with E-state index in [-0.39, 0.29) is 6.26 Å². The molecule has 0 heterocycles. The number of allylic oxidation sites excluding steroid dienone is 1. The van der Waals surface area contributed by atoms with Crippen molar-refractivity contribution in [3.05, 3.63) is 25.5 Å². The molecule has 102 valence electrons. The van der Waals surface area contributed by atoms with Crippen LogP contribution >= 0.6 is 0 Å². The van der Waals surface area contributed by atoms with Crippen LogP contribution in [0.25, 0.3) is 0 Å². The van der Waals surface area contributed by atoms with Crippen LogP contribution in [0.15, 0.2) is 25.5 Å². The fourth-order valence-electron chi connectivity index (χ4n) is 0.335. The van der Waals surface area contributed by atoms with E-state index in [1.807, 2.05) is 0 Å². The molecule has 0 rings (SSSR count). The summed E-state index contributed by atoms with van der Waals surface area (Å²) in [5, 5.41) is 0. The fraction of sp³-hybridized carbons (Fsp3) is 0.500. The Kier molecular flexibility index (Phi) is 6.87. The molecule has 0 amide bonds. The maximum atomic E-state index is 11.5. The second-order valence-corrected chi connectivity index (χ2v) is 2.41. The zero-order valence-corrected chi connectivity index (χ0v) is 8.21. The largest absolute Gasteiger partial charge is 0.498 e. The van der Waals surface area contributed by atoms with E-state index in [2.05, 4.69) is 17.9 Å². The van der Waals surface area contributed by atoms with Gasteiger partial charge in [0.05, 0.1) is 12.7 Å². The third kappa shape index (κ3) is 9.64. The quantitative estimate of drug-likeness (QED) is 0.419. The summed E-state index contributed by atoms with van der Waals surface area (Å²) in [6, 6.07) is 0. The summed E-state index contributed by atoms with van der Waals surface area (Å²) >= 11 is 0. The molecule has 0 aliphatic carbocycles. The summed E-state index contributed by atoms with van der Waals surface area (Å²) in [6.07, 6.45) is -14.9. The minimum atomic E-state index is -5.68. The van der Waals surface area contributed by atoms with Crippen molar-refractivity contribution in [3.63, 3.8) is 0 Å². The first-order chi connectivity index (χ1) is 7.37. The molecule has 0 spiro atoms. The minimum absolute atomic E-state index is 0.0352. The van der Waals surface area contributed by atoms with Gasteiger partial charge in [0, 0.05) is 0 Å². The van der Waals surface area contributed by atoms with Crippen molar-refractivity contribution in [1.29, 1.82) is 0 Å². The van der Waals surface area contributed by atoms with Crippen LogP contribution in [0.5, 0.6) is 0 Å². The summed E-state index contributed by atoms with van der Waals surface area (Å²) in [5.41, 5.74) is 0. The molecule has 0 aromatic heterocycles. The van der Waals surface area contributed by atoms with E-state index in [0.717, 1.165) is 6.08 Å². The summed E-state index contributed by atoms with van der Waals surface area (Å²) in [6.45, 7) is 5.48. The fourth-order valence-corrected chi connectivity index (χ4v) is 0.335. The summed E-state index contributed by atoms with van der Waals surface area (Å²) in [7, 11) is 0. The molecular formula is C8H8F8O. The molecule has 0 atom stereocenters. The predicted octanol–water partition coefficient (Wildman–Crippen LogP) is 4.43. The van der Waals surface area contributed by atoms with Crippen molar-refractivity contribution >= 4 is 0 Å². The van der Waals surface area contributed by atoms with Crippen molar-refractivity contribution in [3.8, 4) is 0 Å². The van der Waals surface area contributed by atoms with Gasteiger partial charge in [0.2, 0.25) is 0 Å². The van der Waals surface area contributed by atoms with E-state index in [0.29, 0.717) is 0 Å². The van der Waals surface area contributed by atoms with E-state index in [1.54, 1.807) is 0 Å². The summed E-state index contributed by atoms with van der Waals surface area (Å²) in [5.74, 6) is 0. The molecule has 0 N–H and O–H groups in total. The Hall–Kier alpha value is -1.28. The second-order valence-electron chi connectivity index (χ2n) is 2.41. The van der Waals surface area contributed by atoms with Crippen LogP contribution in [-0.2, 0) is 4.74 Å². The number of hydrogen-bond donors (Lipinski definition) is 0. The van der Waals surface area contributed by atoms with Crippen LogP contribution in [0, 0.1) is 0 Å². The predicted molar refractivity (Wildman–Crippen MR) is 43.2 cm³/mol. The molecule has 0 fully saturated rings. The summed E-state index contributed by atoms with van der Waals surface area (Å²) in [4.78, 5) is 0. The van der Waals surface area contributed by atoms with E-state index in [4.69, 9.17) is 0 Å². The average Bonchev–Trinajstić information content (AvgIpc) is 1.99. The highest BCUT2D eigenvalue weighted by Crippen LogP contribution is 2.36. The van der Waals surface area contributed by atoms with Gasteiger partial charge in [-0.1, -0.05) is 12.7 Å². The van der Waals surface area contributed by atoms with Gasteiger partial charge in [-0.2, -0.15) is 35.1 Å². The molecule has 0 aromatic carbocycles. The van der Waals surface area contributed by atoms with Gasteiger partial charge < -0.3 is 4.74 Å². The molecule has 0 bridgehead atoms. The van der Waals surface area contributed by atoms with Gasteiger partial charge in [-0.15, -0.1) is 6.58 Å². The van der Waals surface area contributed by atoms with Gasteiger partial charge in [-0.05, 0) is 0 Å². The third-order valence-electron chi connectivity index (χ3n) is 0.937. The first-order valence-electron chi connectivity index (χ1n) is 3.78. The number of hydrogen-bond acceptors (Lipinski definition) is 1. The van der Waals surface area contributed by atoms with Crippen LogP contribution in [0.2, 0.25) is 0 Å². The highest BCUT2D eigenvalue weighted by atomic mass is 19.4. The maximum Gasteiger partial charge on any atom is 0.498 e. The molecule has 0 aliphatic rings. The average molecular weight is 272 g/mol. The Labute approximate surface area is 91.4 Å². The monoisotopic (exact) mass is 272 g/mol. The Balaban J connectivity index is 0. The van der Waals surface area contributed by atoms with Crippen LogP contribution in [-0.4, -0.2) is 18.5 Å². The topological polar surface area (TPSA) is 9.23 Å². The highest BCUT2D eigenvalue weighted by Gasteiger charge is 2.60. The van der Waals surface area contributed by atoms with Crippen LogP contribution in [0.1, 0.15) is 6.42 Å². The Morgan fingerprint density at radius 2 is 1.29 bits per heavy atom. The van der Waals surface area contributed by atoms with Crippen LogP contribution in [0.3, 0.4) is 0 Å². The Morgan fingerprint density at radius 3 is 1.35 bits per heavy atom. The van der Waals surface area contributed by atoms with Gasteiger partial charge in [0.25, 0.3) is 0 Å². The smallest absolute Gasteiger partial charge is 0.434 e. The molecule has 9 heteroatoms. The minimum Gasteiger partial charge on any atom is -0.434 e.